The van der Waals surface area contributed by atoms with Crippen molar-refractivity contribution < 1.29 is 9.53 Å². The number of rotatable bonds is 14. The normalized spacial score (nSPS) is 17.1. The summed E-state index contributed by atoms with van der Waals surface area (Å²) in [5.41, 5.74) is 5.40. The van der Waals surface area contributed by atoms with Crippen LogP contribution in [0.4, 0.5) is 0 Å². The van der Waals surface area contributed by atoms with Crippen molar-refractivity contribution in [3.63, 3.8) is 0 Å². The van der Waals surface area contributed by atoms with Crippen molar-refractivity contribution in [2.24, 2.45) is 0 Å². The SMILES string of the molecule is CCN(CC)CCCC(C)NC(=O)CCCc1cc(-c2cccc(OC)c2)nn1C1(C)C=Cc2ccccc2C1. The van der Waals surface area contributed by atoms with E-state index in [2.05, 4.69) is 91.1 Å². The number of benzene rings is 2. The molecule has 40 heavy (non-hydrogen) atoms. The third kappa shape index (κ3) is 7.42. The van der Waals surface area contributed by atoms with Crippen LogP contribution < -0.4 is 10.1 Å². The Balaban J connectivity index is 1.45. The van der Waals surface area contributed by atoms with Crippen molar-refractivity contribution in [1.29, 1.82) is 0 Å². The number of aryl methyl sites for hydroxylation is 1. The first kappa shape index (κ1) is 29.6. The lowest BCUT2D eigenvalue weighted by Crippen LogP contribution is -2.35. The van der Waals surface area contributed by atoms with Crippen LogP contribution in [0.3, 0.4) is 0 Å². The Labute approximate surface area is 240 Å². The number of nitrogens with one attached hydrogen (secondary N) is 1. The minimum absolute atomic E-state index is 0.132. The molecule has 0 aliphatic heterocycles. The number of aromatic nitrogens is 2. The molecule has 1 aromatic heterocycles. The predicted molar refractivity (Wildman–Crippen MR) is 165 cm³/mol. The molecule has 0 spiro atoms. The Kier molecular flexibility index (Phi) is 10.2. The number of hydrogen-bond donors (Lipinski definition) is 1. The number of carbonyl (C=O) groups excluding carboxylic acids is 1. The summed E-state index contributed by atoms with van der Waals surface area (Å²) in [7, 11) is 1.69. The maximum absolute atomic E-state index is 12.8. The molecule has 1 heterocycles. The van der Waals surface area contributed by atoms with Gasteiger partial charge in [0.1, 0.15) is 5.75 Å². The lowest BCUT2D eigenvalue weighted by atomic mass is 9.84. The highest BCUT2D eigenvalue weighted by Crippen LogP contribution is 2.34. The molecule has 2 unspecified atom stereocenters. The smallest absolute Gasteiger partial charge is 0.220 e. The first-order valence-electron chi connectivity index (χ1n) is 14.9. The number of carbonyl (C=O) groups is 1. The largest absolute Gasteiger partial charge is 0.497 e. The van der Waals surface area contributed by atoms with Gasteiger partial charge in [-0.3, -0.25) is 9.48 Å². The fourth-order valence-electron chi connectivity index (χ4n) is 5.69. The van der Waals surface area contributed by atoms with Crippen LogP contribution in [0.25, 0.3) is 17.3 Å². The second-order valence-corrected chi connectivity index (χ2v) is 11.2. The molecule has 0 bridgehead atoms. The Hall–Kier alpha value is -3.38. The average Bonchev–Trinajstić information content (AvgIpc) is 3.40. The Bertz CT molecular complexity index is 1290. The molecular weight excluding hydrogens is 496 g/mol. The molecule has 0 radical (unpaired) electrons. The van der Waals surface area contributed by atoms with Gasteiger partial charge in [-0.15, -0.1) is 0 Å². The number of allylic oxidation sites excluding steroid dienone is 1. The number of fused-ring (bicyclic) bond motifs is 1. The Morgan fingerprint density at radius 2 is 1.93 bits per heavy atom. The van der Waals surface area contributed by atoms with E-state index >= 15 is 0 Å². The maximum Gasteiger partial charge on any atom is 0.220 e. The van der Waals surface area contributed by atoms with Crippen LogP contribution in [-0.2, 0) is 23.2 Å². The molecule has 6 heteroatoms. The van der Waals surface area contributed by atoms with E-state index in [0.717, 1.165) is 74.4 Å². The molecule has 1 amide bonds. The first-order valence-corrected chi connectivity index (χ1v) is 14.9. The first-order chi connectivity index (χ1) is 19.3. The standard InChI is InChI=1S/C34H46N4O2/c1-6-37(7-2)22-12-13-26(3)35-33(39)19-11-17-30-24-32(28-16-10-18-31(23-28)40-5)36-38(30)34(4)21-20-27-14-8-9-15-29(27)25-34/h8-10,14-16,18,20-21,23-24,26H,6-7,11-13,17,19,22,25H2,1-5H3,(H,35,39). The van der Waals surface area contributed by atoms with Gasteiger partial charge >= 0.3 is 0 Å². The lowest BCUT2D eigenvalue weighted by molar-refractivity contribution is -0.121. The third-order valence-electron chi connectivity index (χ3n) is 8.11. The monoisotopic (exact) mass is 542 g/mol. The van der Waals surface area contributed by atoms with Gasteiger partial charge in [0.25, 0.3) is 0 Å². The Morgan fingerprint density at radius 3 is 2.70 bits per heavy atom. The zero-order valence-electron chi connectivity index (χ0n) is 25.0. The number of ether oxygens (including phenoxy) is 1. The van der Waals surface area contributed by atoms with Crippen molar-refractivity contribution in [2.75, 3.05) is 26.7 Å². The minimum atomic E-state index is -0.289. The van der Waals surface area contributed by atoms with Crippen molar-refractivity contribution in [3.8, 4) is 17.0 Å². The molecule has 1 aliphatic rings. The van der Waals surface area contributed by atoms with Gasteiger partial charge in [0.05, 0.1) is 18.3 Å². The highest BCUT2D eigenvalue weighted by molar-refractivity contribution is 5.76. The summed E-state index contributed by atoms with van der Waals surface area (Å²) in [6.45, 7) is 12.0. The van der Waals surface area contributed by atoms with Crippen molar-refractivity contribution in [1.82, 2.24) is 20.0 Å². The quantitative estimate of drug-likeness (QED) is 0.253. The molecule has 3 aromatic rings. The van der Waals surface area contributed by atoms with E-state index < -0.39 is 0 Å². The van der Waals surface area contributed by atoms with Gasteiger partial charge in [-0.1, -0.05) is 62.4 Å². The van der Waals surface area contributed by atoms with E-state index in [-0.39, 0.29) is 17.5 Å². The van der Waals surface area contributed by atoms with Gasteiger partial charge in [-0.05, 0) is 88.5 Å². The molecule has 2 atom stereocenters. The van der Waals surface area contributed by atoms with E-state index in [1.54, 1.807) is 7.11 Å². The summed E-state index contributed by atoms with van der Waals surface area (Å²) in [5.74, 6) is 0.946. The van der Waals surface area contributed by atoms with E-state index in [0.29, 0.717) is 6.42 Å². The van der Waals surface area contributed by atoms with Crippen molar-refractivity contribution >= 4 is 12.0 Å². The maximum atomic E-state index is 12.8. The van der Waals surface area contributed by atoms with Crippen LogP contribution in [0.5, 0.6) is 5.75 Å². The number of amides is 1. The summed E-state index contributed by atoms with van der Waals surface area (Å²) < 4.78 is 7.65. The van der Waals surface area contributed by atoms with Crippen LogP contribution in [0.2, 0.25) is 0 Å². The van der Waals surface area contributed by atoms with Crippen LogP contribution >= 0.6 is 0 Å². The van der Waals surface area contributed by atoms with Crippen LogP contribution in [-0.4, -0.2) is 53.4 Å². The summed E-state index contributed by atoms with van der Waals surface area (Å²) in [4.78, 5) is 15.2. The van der Waals surface area contributed by atoms with Gasteiger partial charge in [0, 0.05) is 30.1 Å². The topological polar surface area (TPSA) is 59.4 Å². The molecule has 0 saturated heterocycles. The lowest BCUT2D eigenvalue weighted by Gasteiger charge is -2.32. The predicted octanol–water partition coefficient (Wildman–Crippen LogP) is 6.49. The van der Waals surface area contributed by atoms with E-state index in [4.69, 9.17) is 9.84 Å². The fourth-order valence-corrected chi connectivity index (χ4v) is 5.69. The van der Waals surface area contributed by atoms with E-state index in [9.17, 15) is 4.79 Å². The van der Waals surface area contributed by atoms with Crippen LogP contribution in [0, 0.1) is 0 Å². The highest BCUT2D eigenvalue weighted by Gasteiger charge is 2.31. The molecule has 1 N–H and O–H groups in total. The molecule has 6 nitrogen and oxygen atoms in total. The molecule has 2 aromatic carbocycles. The summed E-state index contributed by atoms with van der Waals surface area (Å²) in [6.07, 6.45) is 9.53. The fraction of sp³-hybridized carbons (Fsp3) is 0.471. The molecule has 4 rings (SSSR count). The Morgan fingerprint density at radius 1 is 1.12 bits per heavy atom. The number of nitrogens with zero attached hydrogens (tertiary/aromatic N) is 3. The zero-order chi connectivity index (χ0) is 28.5. The van der Waals surface area contributed by atoms with Crippen LogP contribution in [0.1, 0.15) is 70.2 Å². The van der Waals surface area contributed by atoms with Gasteiger partial charge in [-0.25, -0.2) is 0 Å². The molecular formula is C34H46N4O2. The summed E-state index contributed by atoms with van der Waals surface area (Å²) in [5, 5.41) is 8.35. The molecule has 214 valence electrons. The minimum Gasteiger partial charge on any atom is -0.497 e. The molecule has 1 aliphatic carbocycles. The molecule has 0 saturated carbocycles. The van der Waals surface area contributed by atoms with Gasteiger partial charge in [-0.2, -0.15) is 5.10 Å². The average molecular weight is 543 g/mol. The number of methoxy groups -OCH3 is 1. The zero-order valence-corrected chi connectivity index (χ0v) is 25.0. The van der Waals surface area contributed by atoms with Gasteiger partial charge in [0.2, 0.25) is 5.91 Å². The van der Waals surface area contributed by atoms with Crippen LogP contribution in [0.15, 0.2) is 60.7 Å². The molecule has 0 fully saturated rings. The van der Waals surface area contributed by atoms with Crippen molar-refractivity contribution in [3.05, 3.63) is 77.5 Å². The van der Waals surface area contributed by atoms with Crippen molar-refractivity contribution in [2.45, 2.75) is 77.8 Å². The third-order valence-corrected chi connectivity index (χ3v) is 8.11. The summed E-state index contributed by atoms with van der Waals surface area (Å²) in [6, 6.07) is 19.0. The van der Waals surface area contributed by atoms with E-state index in [1.165, 1.54) is 11.1 Å². The number of hydrogen-bond acceptors (Lipinski definition) is 4. The second kappa shape index (κ2) is 13.8. The second-order valence-electron chi connectivity index (χ2n) is 11.2. The van der Waals surface area contributed by atoms with Gasteiger partial charge in [0.15, 0.2) is 0 Å². The van der Waals surface area contributed by atoms with Gasteiger partial charge < -0.3 is 15.0 Å². The highest BCUT2D eigenvalue weighted by atomic mass is 16.5. The van der Waals surface area contributed by atoms with E-state index in [1.807, 2.05) is 18.2 Å². The summed E-state index contributed by atoms with van der Waals surface area (Å²) >= 11 is 0.